The van der Waals surface area contributed by atoms with Crippen LogP contribution in [-0.2, 0) is 0 Å². The van der Waals surface area contributed by atoms with Crippen molar-refractivity contribution in [1.82, 2.24) is 0 Å². The van der Waals surface area contributed by atoms with Gasteiger partial charge in [-0.3, -0.25) is 0 Å². The molecule has 0 aliphatic rings. The van der Waals surface area contributed by atoms with Gasteiger partial charge in [-0.1, -0.05) is 51.3 Å². The topological polar surface area (TPSA) is 37.3 Å². The average molecular weight is 234 g/mol. The van der Waals surface area contributed by atoms with Crippen molar-refractivity contribution >= 4 is 5.97 Å². The summed E-state index contributed by atoms with van der Waals surface area (Å²) in [7, 11) is 0. The summed E-state index contributed by atoms with van der Waals surface area (Å²) in [6.45, 7) is 4.33. The van der Waals surface area contributed by atoms with Crippen LogP contribution in [0.25, 0.3) is 0 Å². The van der Waals surface area contributed by atoms with Crippen LogP contribution in [0.2, 0.25) is 0 Å². The van der Waals surface area contributed by atoms with Gasteiger partial charge in [0.15, 0.2) is 0 Å². The van der Waals surface area contributed by atoms with Crippen LogP contribution in [0.3, 0.4) is 0 Å². The van der Waals surface area contributed by atoms with Crippen LogP contribution in [0.1, 0.15) is 67.8 Å². The Kier molecular flexibility index (Phi) is 5.75. The highest BCUT2D eigenvalue weighted by Gasteiger charge is 2.17. The Balaban J connectivity index is 2.95. The maximum atomic E-state index is 11.2. The Morgan fingerprint density at radius 3 is 2.47 bits per heavy atom. The van der Waals surface area contributed by atoms with Crippen molar-refractivity contribution in [2.75, 3.05) is 0 Å². The van der Waals surface area contributed by atoms with E-state index in [1.807, 2.05) is 12.1 Å². The number of carbonyl (C=O) groups is 1. The fourth-order valence-electron chi connectivity index (χ4n) is 2.30. The molecule has 1 unspecified atom stereocenters. The van der Waals surface area contributed by atoms with Gasteiger partial charge in [0.05, 0.1) is 5.56 Å². The predicted octanol–water partition coefficient (Wildman–Crippen LogP) is 4.46. The van der Waals surface area contributed by atoms with E-state index in [1.165, 1.54) is 6.42 Å². The number of rotatable bonds is 7. The lowest BCUT2D eigenvalue weighted by Gasteiger charge is -2.18. The summed E-state index contributed by atoms with van der Waals surface area (Å²) in [5, 5.41) is 9.21. The molecule has 1 N–H and O–H groups in total. The molecule has 0 aromatic heterocycles. The van der Waals surface area contributed by atoms with Crippen molar-refractivity contribution in [1.29, 1.82) is 0 Å². The quantitative estimate of drug-likeness (QED) is 0.756. The first-order valence-corrected chi connectivity index (χ1v) is 6.52. The Labute approximate surface area is 104 Å². The van der Waals surface area contributed by atoms with Gasteiger partial charge in [-0.05, 0) is 30.4 Å². The zero-order chi connectivity index (χ0) is 12.7. The summed E-state index contributed by atoms with van der Waals surface area (Å²) >= 11 is 0. The van der Waals surface area contributed by atoms with Crippen LogP contribution in [-0.4, -0.2) is 11.1 Å². The van der Waals surface area contributed by atoms with E-state index in [2.05, 4.69) is 13.8 Å². The Hall–Kier alpha value is -1.31. The molecule has 0 aliphatic carbocycles. The summed E-state index contributed by atoms with van der Waals surface area (Å²) in [4.78, 5) is 11.2. The molecule has 0 spiro atoms. The molecule has 0 fully saturated rings. The minimum absolute atomic E-state index is 0.396. The standard InChI is InChI=1S/C15H22O2/c1-3-5-9-12(8-4-2)13-10-6-7-11-14(13)15(16)17/h6-7,10-12H,3-5,8-9H2,1-2H3,(H,16,17). The summed E-state index contributed by atoms with van der Waals surface area (Å²) in [6, 6.07) is 7.43. The first kappa shape index (κ1) is 13.8. The zero-order valence-electron chi connectivity index (χ0n) is 10.8. The van der Waals surface area contributed by atoms with Crippen molar-refractivity contribution < 1.29 is 9.90 Å². The minimum atomic E-state index is -0.807. The fourth-order valence-corrected chi connectivity index (χ4v) is 2.30. The van der Waals surface area contributed by atoms with Crippen LogP contribution >= 0.6 is 0 Å². The summed E-state index contributed by atoms with van der Waals surface area (Å²) in [6.07, 6.45) is 5.59. The monoisotopic (exact) mass is 234 g/mol. The van der Waals surface area contributed by atoms with Gasteiger partial charge in [-0.25, -0.2) is 4.79 Å². The van der Waals surface area contributed by atoms with Gasteiger partial charge >= 0.3 is 5.97 Å². The van der Waals surface area contributed by atoms with Gasteiger partial charge in [0.2, 0.25) is 0 Å². The first-order valence-electron chi connectivity index (χ1n) is 6.52. The number of unbranched alkanes of at least 4 members (excludes halogenated alkanes) is 1. The molecular weight excluding hydrogens is 212 g/mol. The van der Waals surface area contributed by atoms with E-state index < -0.39 is 5.97 Å². The normalized spacial score (nSPS) is 12.4. The Morgan fingerprint density at radius 2 is 1.88 bits per heavy atom. The highest BCUT2D eigenvalue weighted by atomic mass is 16.4. The van der Waals surface area contributed by atoms with Gasteiger partial charge in [-0.2, -0.15) is 0 Å². The van der Waals surface area contributed by atoms with E-state index in [9.17, 15) is 9.90 Å². The van der Waals surface area contributed by atoms with E-state index >= 15 is 0 Å². The van der Waals surface area contributed by atoms with Crippen LogP contribution in [0.15, 0.2) is 24.3 Å². The van der Waals surface area contributed by atoms with Gasteiger partial charge in [0, 0.05) is 0 Å². The molecule has 0 aliphatic heterocycles. The van der Waals surface area contributed by atoms with Gasteiger partial charge in [0.1, 0.15) is 0 Å². The second-order valence-corrected chi connectivity index (χ2v) is 4.52. The number of carboxylic acids is 1. The maximum Gasteiger partial charge on any atom is 0.335 e. The fraction of sp³-hybridized carbons (Fsp3) is 0.533. The van der Waals surface area contributed by atoms with E-state index in [0.29, 0.717) is 11.5 Å². The highest BCUT2D eigenvalue weighted by Crippen LogP contribution is 2.29. The maximum absolute atomic E-state index is 11.2. The smallest absolute Gasteiger partial charge is 0.335 e. The summed E-state index contributed by atoms with van der Waals surface area (Å²) in [5.41, 5.74) is 1.48. The van der Waals surface area contributed by atoms with Gasteiger partial charge < -0.3 is 5.11 Å². The molecule has 0 saturated heterocycles. The SMILES string of the molecule is CCCCC(CCC)c1ccccc1C(=O)O. The lowest BCUT2D eigenvalue weighted by Crippen LogP contribution is -2.07. The molecule has 1 rings (SSSR count). The molecule has 94 valence electrons. The van der Waals surface area contributed by atoms with Crippen LogP contribution in [0, 0.1) is 0 Å². The van der Waals surface area contributed by atoms with Crippen molar-refractivity contribution in [3.05, 3.63) is 35.4 Å². The molecule has 17 heavy (non-hydrogen) atoms. The molecule has 0 radical (unpaired) electrons. The lowest BCUT2D eigenvalue weighted by molar-refractivity contribution is 0.0695. The number of hydrogen-bond acceptors (Lipinski definition) is 1. The predicted molar refractivity (Wildman–Crippen MR) is 70.6 cm³/mol. The minimum Gasteiger partial charge on any atom is -0.478 e. The lowest BCUT2D eigenvalue weighted by atomic mass is 9.87. The van der Waals surface area contributed by atoms with Crippen molar-refractivity contribution in [3.8, 4) is 0 Å². The van der Waals surface area contributed by atoms with Gasteiger partial charge in [-0.15, -0.1) is 0 Å². The van der Waals surface area contributed by atoms with Crippen molar-refractivity contribution in [3.63, 3.8) is 0 Å². The second-order valence-electron chi connectivity index (χ2n) is 4.52. The average Bonchev–Trinajstić information content (AvgIpc) is 2.34. The van der Waals surface area contributed by atoms with E-state index in [1.54, 1.807) is 12.1 Å². The zero-order valence-corrected chi connectivity index (χ0v) is 10.8. The third kappa shape index (κ3) is 3.88. The molecular formula is C15H22O2. The number of aromatic carboxylic acids is 1. The van der Waals surface area contributed by atoms with Crippen molar-refractivity contribution in [2.24, 2.45) is 0 Å². The number of carboxylic acid groups (broad SMARTS) is 1. The third-order valence-corrected chi connectivity index (χ3v) is 3.17. The van der Waals surface area contributed by atoms with Gasteiger partial charge in [0.25, 0.3) is 0 Å². The van der Waals surface area contributed by atoms with Crippen molar-refractivity contribution in [2.45, 2.75) is 51.9 Å². The molecule has 2 heteroatoms. The Bertz CT molecular complexity index is 358. The molecule has 0 bridgehead atoms. The summed E-state index contributed by atoms with van der Waals surface area (Å²) in [5.74, 6) is -0.412. The number of hydrogen-bond donors (Lipinski definition) is 1. The van der Waals surface area contributed by atoms with E-state index in [4.69, 9.17) is 0 Å². The first-order chi connectivity index (χ1) is 8.20. The molecule has 1 atom stereocenters. The van der Waals surface area contributed by atoms with Crippen LogP contribution in [0.5, 0.6) is 0 Å². The van der Waals surface area contributed by atoms with E-state index in [0.717, 1.165) is 31.2 Å². The molecule has 0 amide bonds. The Morgan fingerprint density at radius 1 is 1.18 bits per heavy atom. The second kappa shape index (κ2) is 7.10. The highest BCUT2D eigenvalue weighted by molar-refractivity contribution is 5.89. The molecule has 2 nitrogen and oxygen atoms in total. The third-order valence-electron chi connectivity index (χ3n) is 3.17. The molecule has 0 saturated carbocycles. The molecule has 1 aromatic rings. The largest absolute Gasteiger partial charge is 0.478 e. The molecule has 0 heterocycles. The van der Waals surface area contributed by atoms with Crippen LogP contribution in [0.4, 0.5) is 0 Å². The van der Waals surface area contributed by atoms with E-state index in [-0.39, 0.29) is 0 Å². The number of benzene rings is 1. The summed E-state index contributed by atoms with van der Waals surface area (Å²) < 4.78 is 0. The molecule has 1 aromatic carbocycles. The van der Waals surface area contributed by atoms with Crippen LogP contribution < -0.4 is 0 Å².